The van der Waals surface area contributed by atoms with E-state index in [0.29, 0.717) is 12.1 Å². The van der Waals surface area contributed by atoms with Crippen molar-refractivity contribution in [2.75, 3.05) is 10.8 Å². The van der Waals surface area contributed by atoms with Gasteiger partial charge in [-0.2, -0.15) is 8.42 Å². The molecule has 0 amide bonds. The van der Waals surface area contributed by atoms with Crippen LogP contribution in [0, 0.1) is 0 Å². The predicted molar refractivity (Wildman–Crippen MR) is 80.5 cm³/mol. The lowest BCUT2D eigenvalue weighted by molar-refractivity contribution is 0.478. The van der Waals surface area contributed by atoms with Crippen LogP contribution < -0.4 is 4.31 Å². The van der Waals surface area contributed by atoms with E-state index in [1.165, 1.54) is 11.3 Å². The van der Waals surface area contributed by atoms with Gasteiger partial charge in [0.25, 0.3) is 0 Å². The van der Waals surface area contributed by atoms with Crippen molar-refractivity contribution in [2.45, 2.75) is 19.8 Å². The zero-order valence-corrected chi connectivity index (χ0v) is 12.7. The average Bonchev–Trinajstić information content (AvgIpc) is 2.87. The van der Waals surface area contributed by atoms with Gasteiger partial charge in [-0.1, -0.05) is 25.1 Å². The second kappa shape index (κ2) is 6.34. The van der Waals surface area contributed by atoms with Crippen LogP contribution in [0.3, 0.4) is 0 Å². The standard InChI is InChI=1S/C13H16N2O3S2/c1-2-11-10-19-13(14-11)8-9-15(20(16,17)18)12-6-4-3-5-7-12/h3-7,10H,2,8-9H2,1H3,(H,16,17,18). The van der Waals surface area contributed by atoms with Crippen LogP contribution in [0.15, 0.2) is 35.7 Å². The topological polar surface area (TPSA) is 70.5 Å². The SMILES string of the molecule is CCc1csc(CCN(c2ccccc2)S(=O)(=O)O)n1. The molecule has 0 aliphatic heterocycles. The maximum absolute atomic E-state index is 11.5. The molecule has 0 saturated carbocycles. The molecule has 0 unspecified atom stereocenters. The first-order valence-corrected chi connectivity index (χ1v) is 8.52. The number of benzene rings is 1. The van der Waals surface area contributed by atoms with Crippen molar-refractivity contribution in [3.8, 4) is 0 Å². The highest BCUT2D eigenvalue weighted by Crippen LogP contribution is 2.18. The van der Waals surface area contributed by atoms with Crippen LogP contribution in [0.4, 0.5) is 5.69 Å². The van der Waals surface area contributed by atoms with E-state index in [1.54, 1.807) is 30.3 Å². The molecule has 20 heavy (non-hydrogen) atoms. The monoisotopic (exact) mass is 312 g/mol. The van der Waals surface area contributed by atoms with Gasteiger partial charge in [0.05, 0.1) is 16.4 Å². The van der Waals surface area contributed by atoms with Crippen LogP contribution in [0.1, 0.15) is 17.6 Å². The lowest BCUT2D eigenvalue weighted by Gasteiger charge is -2.20. The highest BCUT2D eigenvalue weighted by atomic mass is 32.2. The molecule has 1 aromatic carbocycles. The molecule has 2 rings (SSSR count). The summed E-state index contributed by atoms with van der Waals surface area (Å²) in [5.41, 5.74) is 1.45. The van der Waals surface area contributed by atoms with Crippen molar-refractivity contribution in [1.82, 2.24) is 4.98 Å². The van der Waals surface area contributed by atoms with E-state index in [2.05, 4.69) is 4.98 Å². The number of anilines is 1. The van der Waals surface area contributed by atoms with Crippen LogP contribution in [-0.4, -0.2) is 24.5 Å². The van der Waals surface area contributed by atoms with Crippen LogP contribution in [0.2, 0.25) is 0 Å². The zero-order chi connectivity index (χ0) is 14.6. The van der Waals surface area contributed by atoms with Gasteiger partial charge in [-0.15, -0.1) is 11.3 Å². The van der Waals surface area contributed by atoms with Gasteiger partial charge in [0, 0.05) is 18.3 Å². The number of hydrogen-bond donors (Lipinski definition) is 1. The Hall–Kier alpha value is -1.44. The zero-order valence-electron chi connectivity index (χ0n) is 11.1. The summed E-state index contributed by atoms with van der Waals surface area (Å²) in [6.07, 6.45) is 1.33. The Labute approximate surface area is 122 Å². The predicted octanol–water partition coefficient (Wildman–Crippen LogP) is 2.56. The quantitative estimate of drug-likeness (QED) is 0.832. The van der Waals surface area contributed by atoms with Crippen LogP contribution in [0.25, 0.3) is 0 Å². The van der Waals surface area contributed by atoms with Crippen LogP contribution >= 0.6 is 11.3 Å². The summed E-state index contributed by atoms with van der Waals surface area (Å²) in [6, 6.07) is 8.54. The summed E-state index contributed by atoms with van der Waals surface area (Å²) in [5.74, 6) is 0. The Bertz CT molecular complexity index is 653. The Morgan fingerprint density at radius 2 is 2.00 bits per heavy atom. The normalized spacial score (nSPS) is 11.5. The summed E-state index contributed by atoms with van der Waals surface area (Å²) < 4.78 is 33.3. The molecule has 1 N–H and O–H groups in total. The lowest BCUT2D eigenvalue weighted by atomic mass is 10.3. The van der Waals surface area contributed by atoms with Gasteiger partial charge in [-0.3, -0.25) is 4.55 Å². The summed E-state index contributed by atoms with van der Waals surface area (Å²) >= 11 is 1.51. The van der Waals surface area contributed by atoms with Crippen LogP contribution in [-0.2, 0) is 23.1 Å². The number of aromatic nitrogens is 1. The first-order chi connectivity index (χ1) is 9.50. The van der Waals surface area contributed by atoms with Gasteiger partial charge >= 0.3 is 10.3 Å². The highest BCUT2D eigenvalue weighted by molar-refractivity contribution is 7.87. The lowest BCUT2D eigenvalue weighted by Crippen LogP contribution is -2.32. The Morgan fingerprint density at radius 1 is 1.30 bits per heavy atom. The first-order valence-electron chi connectivity index (χ1n) is 6.24. The summed E-state index contributed by atoms with van der Waals surface area (Å²) in [5, 5.41) is 2.83. The van der Waals surface area contributed by atoms with Gasteiger partial charge in [-0.05, 0) is 18.6 Å². The fourth-order valence-electron chi connectivity index (χ4n) is 1.80. The third-order valence-electron chi connectivity index (χ3n) is 2.81. The maximum atomic E-state index is 11.5. The van der Waals surface area contributed by atoms with E-state index < -0.39 is 10.3 Å². The van der Waals surface area contributed by atoms with Gasteiger partial charge in [0.1, 0.15) is 0 Å². The molecule has 108 valence electrons. The van der Waals surface area contributed by atoms with E-state index in [9.17, 15) is 13.0 Å². The Balaban J connectivity index is 2.13. The van der Waals surface area contributed by atoms with Crippen molar-refractivity contribution in [3.63, 3.8) is 0 Å². The molecule has 0 atom stereocenters. The van der Waals surface area contributed by atoms with E-state index >= 15 is 0 Å². The smallest absolute Gasteiger partial charge is 0.269 e. The molecule has 2 aromatic rings. The molecule has 5 nitrogen and oxygen atoms in total. The molecule has 1 aromatic heterocycles. The van der Waals surface area contributed by atoms with Crippen molar-refractivity contribution in [2.24, 2.45) is 0 Å². The van der Waals surface area contributed by atoms with Crippen molar-refractivity contribution >= 4 is 27.3 Å². The molecule has 0 radical (unpaired) electrons. The molecule has 0 bridgehead atoms. The van der Waals surface area contributed by atoms with E-state index in [1.807, 2.05) is 12.3 Å². The van der Waals surface area contributed by atoms with E-state index in [-0.39, 0.29) is 6.54 Å². The largest absolute Gasteiger partial charge is 0.359 e. The number of para-hydroxylation sites is 1. The highest BCUT2D eigenvalue weighted by Gasteiger charge is 2.19. The minimum atomic E-state index is -4.28. The van der Waals surface area contributed by atoms with Gasteiger partial charge in [0.15, 0.2) is 0 Å². The summed E-state index contributed by atoms with van der Waals surface area (Å²) in [4.78, 5) is 4.39. The number of aryl methyl sites for hydroxylation is 1. The summed E-state index contributed by atoms with van der Waals surface area (Å²) in [7, 11) is -4.28. The Morgan fingerprint density at radius 3 is 2.55 bits per heavy atom. The molecule has 0 spiro atoms. The molecule has 1 heterocycles. The van der Waals surface area contributed by atoms with Gasteiger partial charge in [0.2, 0.25) is 0 Å². The molecule has 0 fully saturated rings. The first kappa shape index (κ1) is 15.0. The minimum Gasteiger partial charge on any atom is -0.269 e. The van der Waals surface area contributed by atoms with Crippen molar-refractivity contribution in [3.05, 3.63) is 46.4 Å². The number of hydrogen-bond acceptors (Lipinski definition) is 4. The van der Waals surface area contributed by atoms with Crippen molar-refractivity contribution in [1.29, 1.82) is 0 Å². The van der Waals surface area contributed by atoms with Gasteiger partial charge < -0.3 is 0 Å². The average molecular weight is 312 g/mol. The number of thiazole rings is 1. The third kappa shape index (κ3) is 3.78. The van der Waals surface area contributed by atoms with Crippen LogP contribution in [0.5, 0.6) is 0 Å². The third-order valence-corrected chi connectivity index (χ3v) is 4.72. The number of nitrogens with zero attached hydrogens (tertiary/aromatic N) is 2. The Kier molecular flexibility index (Phi) is 4.74. The number of rotatable bonds is 6. The fraction of sp³-hybridized carbons (Fsp3) is 0.308. The second-order valence-corrected chi connectivity index (χ2v) is 6.50. The molecule has 0 aliphatic carbocycles. The van der Waals surface area contributed by atoms with Crippen molar-refractivity contribution < 1.29 is 13.0 Å². The fourth-order valence-corrected chi connectivity index (χ4v) is 3.38. The van der Waals surface area contributed by atoms with E-state index in [4.69, 9.17) is 0 Å². The molecule has 0 aliphatic rings. The van der Waals surface area contributed by atoms with Gasteiger partial charge in [-0.25, -0.2) is 9.29 Å². The maximum Gasteiger partial charge on any atom is 0.359 e. The second-order valence-electron chi connectivity index (χ2n) is 4.22. The van der Waals surface area contributed by atoms with E-state index in [0.717, 1.165) is 21.4 Å². The minimum absolute atomic E-state index is 0.166. The molecule has 0 saturated heterocycles. The molecular formula is C13H16N2O3S2. The molecule has 7 heteroatoms. The molecular weight excluding hydrogens is 296 g/mol. The summed E-state index contributed by atoms with van der Waals surface area (Å²) in [6.45, 7) is 2.19.